The minimum absolute atomic E-state index is 0.462. The molecule has 11 aromatic carbocycles. The minimum atomic E-state index is -0.527. The van der Waals surface area contributed by atoms with Crippen LogP contribution in [0.25, 0.3) is 50.1 Å². The number of rotatable bonds is 9. The molecule has 7 aliphatic rings. The van der Waals surface area contributed by atoms with Crippen molar-refractivity contribution >= 4 is 59.2 Å². The molecular weight excluding hydrogens is 1150 g/mol. The highest BCUT2D eigenvalue weighted by molar-refractivity contribution is 6.62. The van der Waals surface area contributed by atoms with Crippen LogP contribution < -0.4 is 20.7 Å². The Labute approximate surface area is 553 Å². The predicted octanol–water partition coefficient (Wildman–Crippen LogP) is 18.9. The monoisotopic (exact) mass is 1220 g/mol. The number of anilines is 5. The molecule has 0 bridgehead atoms. The Bertz CT molecular complexity index is 4900. The largest absolute Gasteiger partial charge is 0.494 e. The van der Waals surface area contributed by atoms with Gasteiger partial charge in [-0.15, -0.1) is 0 Å². The van der Waals surface area contributed by atoms with E-state index in [-0.39, 0.29) is 0 Å². The molecule has 8 heteroatoms. The van der Waals surface area contributed by atoms with Gasteiger partial charge in [0.15, 0.2) is 0 Å². The molecule has 2 aliphatic heterocycles. The summed E-state index contributed by atoms with van der Waals surface area (Å²) < 4.78 is 26.4. The maximum absolute atomic E-state index is 6.61. The molecule has 0 radical (unpaired) electrons. The second kappa shape index (κ2) is 20.4. The molecule has 5 aliphatic carbocycles. The standard InChI is InChI=1S/C86H70B2N2O4/c1-81(2)82(3,4)92-87(91-81)57-43-51-61(52-44-57)89(77-37-21-35-75-79(77)67-27-13-19-33-73(67)85(75)69-29-15-9-23-63(69)64-24-10-16-30-70(64)85)59-47-39-55(40-48-59)56-41-49-60(50-42-56)90(62-53-45-58(46-54-62)88-93-83(5,6)84(7,8)94-88)78-38-22-36-76-80(78)68-28-14-20-34-74(68)86(76)71-31-17-11-25-65(71)66-26-12-18-32-72(66)86/h9-13,15-27,29-41,43-49,51-54H,42,50H2,1-8H3. The number of allylic oxidation sites excluding steroid dienone is 4. The molecule has 0 N–H and O–H groups in total. The number of hydrogen-bond acceptors (Lipinski definition) is 6. The zero-order valence-electron chi connectivity index (χ0n) is 54.3. The van der Waals surface area contributed by atoms with Crippen molar-refractivity contribution in [3.8, 4) is 44.5 Å². The van der Waals surface area contributed by atoms with Gasteiger partial charge in [0.25, 0.3) is 0 Å². The predicted molar refractivity (Wildman–Crippen MR) is 383 cm³/mol. The van der Waals surface area contributed by atoms with Gasteiger partial charge in [0.2, 0.25) is 0 Å². The lowest BCUT2D eigenvalue weighted by Gasteiger charge is -2.33. The summed E-state index contributed by atoms with van der Waals surface area (Å²) in [6.07, 6.45) is 6.34. The molecule has 11 aromatic rings. The summed E-state index contributed by atoms with van der Waals surface area (Å²) in [6.45, 7) is 16.9. The van der Waals surface area contributed by atoms with E-state index in [1.807, 2.05) is 6.07 Å². The molecule has 94 heavy (non-hydrogen) atoms. The zero-order valence-corrected chi connectivity index (χ0v) is 54.3. The first-order chi connectivity index (χ1) is 45.6. The average Bonchev–Trinajstić information content (AvgIpc) is 1.51. The third-order valence-electron chi connectivity index (χ3n) is 22.6. The molecule has 2 heterocycles. The number of nitrogens with zero attached hydrogens (tertiary/aromatic N) is 2. The van der Waals surface area contributed by atoms with Gasteiger partial charge in [-0.3, -0.25) is 0 Å². The summed E-state index contributed by atoms with van der Waals surface area (Å²) in [5, 5.41) is 0. The molecule has 18 rings (SSSR count). The third kappa shape index (κ3) is 7.90. The Morgan fingerprint density at radius 2 is 0.723 bits per heavy atom. The van der Waals surface area contributed by atoms with Gasteiger partial charge < -0.3 is 28.4 Å². The molecule has 454 valence electrons. The van der Waals surface area contributed by atoms with Crippen LogP contribution in [-0.2, 0) is 29.4 Å². The lowest BCUT2D eigenvalue weighted by Crippen LogP contribution is -2.41. The lowest BCUT2D eigenvalue weighted by atomic mass is 9.70. The Morgan fingerprint density at radius 1 is 0.340 bits per heavy atom. The summed E-state index contributed by atoms with van der Waals surface area (Å²) in [5.74, 6) is 0. The first kappa shape index (κ1) is 57.0. The average molecular weight is 1220 g/mol. The summed E-state index contributed by atoms with van der Waals surface area (Å²) in [7, 11) is -0.965. The van der Waals surface area contributed by atoms with E-state index in [0.29, 0.717) is 0 Å². The van der Waals surface area contributed by atoms with E-state index in [4.69, 9.17) is 18.6 Å². The SMILES string of the molecule is CC1(C)OB(c2ccc(N(C3=CC=C(c4ccc(N(c5ccc(B6OC(C)(C)C(C)(C)O6)cc5)c5cccc6c5-c5ccccc5C65c6ccccc6-c6ccccc65)cc4)CC3)c3cccc4c3-c3c#cccc3C43c4ccccc4-c4ccccc43)cc2)OC1(C)C. The van der Waals surface area contributed by atoms with E-state index in [1.165, 1.54) is 100 Å². The summed E-state index contributed by atoms with van der Waals surface area (Å²) in [6, 6.07) is 97.5. The molecule has 0 amide bonds. The molecule has 0 saturated carbocycles. The lowest BCUT2D eigenvalue weighted by molar-refractivity contribution is 0.00578. The first-order valence-corrected chi connectivity index (χ1v) is 33.3. The molecule has 0 atom stereocenters. The fourth-order valence-corrected chi connectivity index (χ4v) is 16.8. The van der Waals surface area contributed by atoms with Crippen molar-refractivity contribution in [3.05, 3.63) is 323 Å². The zero-order chi connectivity index (χ0) is 63.7. The fraction of sp³-hybridized carbons (Fsp3) is 0.186. The van der Waals surface area contributed by atoms with Gasteiger partial charge in [0.1, 0.15) is 0 Å². The van der Waals surface area contributed by atoms with Gasteiger partial charge in [-0.2, -0.15) is 0 Å². The molecule has 2 fully saturated rings. The van der Waals surface area contributed by atoms with Crippen molar-refractivity contribution < 1.29 is 18.6 Å². The second-order valence-electron chi connectivity index (χ2n) is 28.4. The number of benzene rings is 10. The van der Waals surface area contributed by atoms with Crippen molar-refractivity contribution in [1.29, 1.82) is 0 Å². The van der Waals surface area contributed by atoms with Gasteiger partial charge in [0, 0.05) is 39.4 Å². The van der Waals surface area contributed by atoms with Gasteiger partial charge in [-0.05, 0) is 229 Å². The highest BCUT2D eigenvalue weighted by atomic mass is 16.7. The first-order valence-electron chi connectivity index (χ1n) is 33.3. The number of hydrogen-bond donors (Lipinski definition) is 0. The van der Waals surface area contributed by atoms with Gasteiger partial charge in [-0.25, -0.2) is 0 Å². The van der Waals surface area contributed by atoms with Crippen LogP contribution in [-0.4, -0.2) is 36.6 Å². The van der Waals surface area contributed by atoms with E-state index < -0.39 is 47.5 Å². The van der Waals surface area contributed by atoms with Crippen molar-refractivity contribution in [2.75, 3.05) is 9.80 Å². The van der Waals surface area contributed by atoms with Gasteiger partial charge in [0.05, 0.1) is 44.6 Å². The second-order valence-corrected chi connectivity index (χ2v) is 28.4. The molecule has 2 spiro atoms. The Balaban J connectivity index is 0.757. The molecule has 0 aromatic heterocycles. The van der Waals surface area contributed by atoms with Crippen molar-refractivity contribution in [1.82, 2.24) is 0 Å². The van der Waals surface area contributed by atoms with E-state index in [2.05, 4.69) is 326 Å². The highest BCUT2D eigenvalue weighted by Gasteiger charge is 2.56. The number of fused-ring (bicyclic) bond motifs is 20. The summed E-state index contributed by atoms with van der Waals surface area (Å²) in [5.41, 5.74) is 28.4. The molecule has 0 unspecified atom stereocenters. The molecule has 6 nitrogen and oxygen atoms in total. The topological polar surface area (TPSA) is 43.4 Å². The Morgan fingerprint density at radius 3 is 1.18 bits per heavy atom. The van der Waals surface area contributed by atoms with Crippen molar-refractivity contribution in [2.45, 2.75) is 101 Å². The molecular formula is C86H70B2N2O4. The van der Waals surface area contributed by atoms with Gasteiger partial charge in [-0.1, -0.05) is 200 Å². The van der Waals surface area contributed by atoms with Crippen LogP contribution in [0, 0.1) is 12.1 Å². The van der Waals surface area contributed by atoms with E-state index in [0.717, 1.165) is 57.8 Å². The summed E-state index contributed by atoms with van der Waals surface area (Å²) in [4.78, 5) is 4.96. The minimum Gasteiger partial charge on any atom is -0.399 e. The Kier molecular flexibility index (Phi) is 12.4. The fourth-order valence-electron chi connectivity index (χ4n) is 16.8. The van der Waals surface area contributed by atoms with Crippen LogP contribution in [0.3, 0.4) is 0 Å². The van der Waals surface area contributed by atoms with Crippen LogP contribution in [0.4, 0.5) is 28.4 Å². The maximum Gasteiger partial charge on any atom is 0.494 e. The van der Waals surface area contributed by atoms with E-state index in [1.54, 1.807) is 0 Å². The Hall–Kier alpha value is -9.71. The highest BCUT2D eigenvalue weighted by Crippen LogP contribution is 2.66. The molecule has 2 saturated heterocycles. The quantitative estimate of drug-likeness (QED) is 0.134. The smallest absolute Gasteiger partial charge is 0.399 e. The van der Waals surface area contributed by atoms with E-state index in [9.17, 15) is 0 Å². The van der Waals surface area contributed by atoms with E-state index >= 15 is 0 Å². The van der Waals surface area contributed by atoms with Crippen LogP contribution in [0.2, 0.25) is 0 Å². The summed E-state index contributed by atoms with van der Waals surface area (Å²) >= 11 is 0. The normalized spacial score (nSPS) is 18.3. The van der Waals surface area contributed by atoms with Crippen molar-refractivity contribution in [2.24, 2.45) is 0 Å². The third-order valence-corrected chi connectivity index (χ3v) is 22.6. The van der Waals surface area contributed by atoms with Crippen LogP contribution in [0.5, 0.6) is 0 Å². The van der Waals surface area contributed by atoms with Crippen LogP contribution >= 0.6 is 0 Å². The maximum atomic E-state index is 6.61. The van der Waals surface area contributed by atoms with Crippen LogP contribution in [0.1, 0.15) is 118 Å². The van der Waals surface area contributed by atoms with Gasteiger partial charge >= 0.3 is 14.2 Å². The van der Waals surface area contributed by atoms with Crippen molar-refractivity contribution in [3.63, 3.8) is 0 Å². The van der Waals surface area contributed by atoms with Crippen LogP contribution in [0.15, 0.2) is 261 Å².